The Bertz CT molecular complexity index is 627. The molecule has 4 aliphatic rings. The van der Waals surface area contributed by atoms with Gasteiger partial charge in [0.25, 0.3) is 0 Å². The van der Waals surface area contributed by atoms with Crippen molar-refractivity contribution in [2.45, 2.75) is 83.7 Å². The summed E-state index contributed by atoms with van der Waals surface area (Å²) < 4.78 is 17.5. The molecule has 1 spiro atoms. The maximum atomic E-state index is 11.6. The maximum absolute atomic E-state index is 11.6. The van der Waals surface area contributed by atoms with Gasteiger partial charge in [-0.2, -0.15) is 0 Å². The molecule has 0 aromatic heterocycles. The van der Waals surface area contributed by atoms with Gasteiger partial charge in [0, 0.05) is 25.7 Å². The van der Waals surface area contributed by atoms with Crippen LogP contribution in [-0.2, 0) is 19.0 Å². The molecule has 4 fully saturated rings. The van der Waals surface area contributed by atoms with E-state index in [-0.39, 0.29) is 35.1 Å². The largest absolute Gasteiger partial charge is 0.466 e. The van der Waals surface area contributed by atoms with Crippen LogP contribution in [0.25, 0.3) is 0 Å². The fourth-order valence-corrected chi connectivity index (χ4v) is 7.42. The zero-order valence-corrected chi connectivity index (χ0v) is 18.4. The molecule has 0 bridgehead atoms. The number of esters is 1. The second kappa shape index (κ2) is 7.47. The minimum Gasteiger partial charge on any atom is -0.466 e. The molecular weight excluding hydrogens is 372 g/mol. The van der Waals surface area contributed by atoms with E-state index in [4.69, 9.17) is 14.2 Å². The Morgan fingerprint density at radius 1 is 1.17 bits per heavy atom. The van der Waals surface area contributed by atoms with Crippen molar-refractivity contribution in [2.75, 3.05) is 19.8 Å². The molecule has 3 aliphatic carbocycles. The van der Waals surface area contributed by atoms with Crippen molar-refractivity contribution in [3.05, 3.63) is 0 Å². The Kier molecular flexibility index (Phi) is 5.55. The molecule has 6 nitrogen and oxygen atoms in total. The first-order chi connectivity index (χ1) is 13.6. The summed E-state index contributed by atoms with van der Waals surface area (Å²) in [5, 5.41) is 22.4. The van der Waals surface area contributed by atoms with Crippen molar-refractivity contribution in [3.63, 3.8) is 0 Å². The molecule has 4 rings (SSSR count). The lowest BCUT2D eigenvalue weighted by molar-refractivity contribution is -0.230. The van der Waals surface area contributed by atoms with E-state index in [0.717, 1.165) is 32.1 Å². The molecule has 8 atom stereocenters. The maximum Gasteiger partial charge on any atom is 0.302 e. The standard InChI is InChI=1S/C23H38O6/c1-14-11-18(20(25)17-5-6-22(4,26)19(14)17)21(3)7-8-23(28-9-10-29-23)12-16(21)13-27-15(2)24/h14,16-20,25-26H,5-13H2,1-4H3/t14-,16?,17?,18?,19?,20?,21?,22?/m0/s1. The van der Waals surface area contributed by atoms with Crippen molar-refractivity contribution in [1.29, 1.82) is 0 Å². The van der Waals surface area contributed by atoms with Crippen molar-refractivity contribution >= 4 is 5.97 Å². The number of carbonyl (C=O) groups is 1. The highest BCUT2D eigenvalue weighted by Crippen LogP contribution is 2.60. The Labute approximate surface area is 174 Å². The van der Waals surface area contributed by atoms with Crippen molar-refractivity contribution in [2.24, 2.45) is 35.0 Å². The summed E-state index contributed by atoms with van der Waals surface area (Å²) in [5.41, 5.74) is -0.848. The summed E-state index contributed by atoms with van der Waals surface area (Å²) in [6.07, 6.45) is 4.47. The molecule has 1 aliphatic heterocycles. The van der Waals surface area contributed by atoms with Gasteiger partial charge in [-0.3, -0.25) is 4.79 Å². The Hall–Kier alpha value is -0.690. The molecule has 6 heteroatoms. The molecule has 3 saturated carbocycles. The minimum atomic E-state index is -0.684. The van der Waals surface area contributed by atoms with Crippen molar-refractivity contribution in [1.82, 2.24) is 0 Å². The minimum absolute atomic E-state index is 0.0727. The number of aliphatic hydroxyl groups excluding tert-OH is 1. The molecule has 1 heterocycles. The summed E-state index contributed by atoms with van der Waals surface area (Å²) in [4.78, 5) is 11.6. The first-order valence-electron chi connectivity index (χ1n) is 11.4. The van der Waals surface area contributed by atoms with Gasteiger partial charge < -0.3 is 24.4 Å². The quantitative estimate of drug-likeness (QED) is 0.696. The van der Waals surface area contributed by atoms with Gasteiger partial charge in [0.2, 0.25) is 0 Å². The van der Waals surface area contributed by atoms with Gasteiger partial charge in [0.1, 0.15) is 0 Å². The number of ether oxygens (including phenoxy) is 3. The normalized spacial score (nSPS) is 49.2. The number of hydrogen-bond donors (Lipinski definition) is 2. The fraction of sp³-hybridized carbons (Fsp3) is 0.957. The summed E-state index contributed by atoms with van der Waals surface area (Å²) in [6.45, 7) is 9.43. The van der Waals surface area contributed by atoms with Crippen LogP contribution in [0.4, 0.5) is 0 Å². The highest BCUT2D eigenvalue weighted by Gasteiger charge is 2.60. The van der Waals surface area contributed by atoms with Gasteiger partial charge in [0.15, 0.2) is 5.79 Å². The van der Waals surface area contributed by atoms with E-state index in [2.05, 4.69) is 13.8 Å². The van der Waals surface area contributed by atoms with E-state index in [1.807, 2.05) is 6.92 Å². The third-order valence-electron chi connectivity index (χ3n) is 8.94. The molecule has 7 unspecified atom stereocenters. The van der Waals surface area contributed by atoms with Crippen LogP contribution in [0.2, 0.25) is 0 Å². The molecule has 0 amide bonds. The lowest BCUT2D eigenvalue weighted by Crippen LogP contribution is -2.57. The number of carbonyl (C=O) groups excluding carboxylic acids is 1. The molecule has 2 N–H and O–H groups in total. The SMILES string of the molecule is CC(=O)OCC1CC2(CCC1(C)C1C[C@H](C)C3C(CCC3(C)O)C1O)OCCO2. The topological polar surface area (TPSA) is 85.2 Å². The Morgan fingerprint density at radius 2 is 1.86 bits per heavy atom. The summed E-state index contributed by atoms with van der Waals surface area (Å²) in [7, 11) is 0. The zero-order valence-electron chi connectivity index (χ0n) is 18.4. The lowest BCUT2D eigenvalue weighted by Gasteiger charge is -2.56. The number of aliphatic hydroxyl groups is 2. The molecule has 166 valence electrons. The Balaban J connectivity index is 1.59. The Morgan fingerprint density at radius 3 is 2.52 bits per heavy atom. The zero-order chi connectivity index (χ0) is 21.0. The highest BCUT2D eigenvalue weighted by atomic mass is 16.7. The van der Waals surface area contributed by atoms with Crippen LogP contribution >= 0.6 is 0 Å². The van der Waals surface area contributed by atoms with E-state index >= 15 is 0 Å². The third-order valence-corrected chi connectivity index (χ3v) is 8.94. The van der Waals surface area contributed by atoms with Gasteiger partial charge in [-0.25, -0.2) is 0 Å². The number of rotatable bonds is 3. The van der Waals surface area contributed by atoms with Gasteiger partial charge in [-0.15, -0.1) is 0 Å². The van der Waals surface area contributed by atoms with Crippen LogP contribution < -0.4 is 0 Å². The van der Waals surface area contributed by atoms with Crippen LogP contribution in [0.3, 0.4) is 0 Å². The predicted molar refractivity (Wildman–Crippen MR) is 107 cm³/mol. The van der Waals surface area contributed by atoms with Crippen LogP contribution in [0, 0.1) is 35.0 Å². The monoisotopic (exact) mass is 410 g/mol. The molecule has 29 heavy (non-hydrogen) atoms. The van der Waals surface area contributed by atoms with Crippen LogP contribution in [0.1, 0.15) is 66.2 Å². The van der Waals surface area contributed by atoms with E-state index in [1.165, 1.54) is 6.92 Å². The first-order valence-corrected chi connectivity index (χ1v) is 11.4. The van der Waals surface area contributed by atoms with E-state index in [9.17, 15) is 15.0 Å². The summed E-state index contributed by atoms with van der Waals surface area (Å²) in [5.74, 6) is 0.00230. The van der Waals surface area contributed by atoms with E-state index in [1.54, 1.807) is 0 Å². The number of fused-ring (bicyclic) bond motifs is 1. The molecule has 0 radical (unpaired) electrons. The lowest BCUT2D eigenvalue weighted by atomic mass is 9.52. The second-order valence-corrected chi connectivity index (χ2v) is 10.7. The van der Waals surface area contributed by atoms with E-state index in [0.29, 0.717) is 32.2 Å². The van der Waals surface area contributed by atoms with Crippen LogP contribution in [0.15, 0.2) is 0 Å². The number of hydrogen-bond acceptors (Lipinski definition) is 6. The highest BCUT2D eigenvalue weighted by molar-refractivity contribution is 5.65. The predicted octanol–water partition coefficient (Wildman–Crippen LogP) is 2.89. The average molecular weight is 411 g/mol. The van der Waals surface area contributed by atoms with E-state index < -0.39 is 17.5 Å². The molecule has 0 aromatic rings. The fourth-order valence-electron chi connectivity index (χ4n) is 7.42. The smallest absolute Gasteiger partial charge is 0.302 e. The van der Waals surface area contributed by atoms with Gasteiger partial charge in [-0.05, 0) is 61.7 Å². The average Bonchev–Trinajstić information content (AvgIpc) is 3.23. The van der Waals surface area contributed by atoms with Crippen LogP contribution in [0.5, 0.6) is 0 Å². The van der Waals surface area contributed by atoms with Crippen molar-refractivity contribution in [3.8, 4) is 0 Å². The summed E-state index contributed by atoms with van der Waals surface area (Å²) >= 11 is 0. The molecular formula is C23H38O6. The van der Waals surface area contributed by atoms with Crippen LogP contribution in [-0.4, -0.2) is 53.5 Å². The van der Waals surface area contributed by atoms with Gasteiger partial charge in [-0.1, -0.05) is 13.8 Å². The van der Waals surface area contributed by atoms with Gasteiger partial charge >= 0.3 is 5.97 Å². The summed E-state index contributed by atoms with van der Waals surface area (Å²) in [6, 6.07) is 0. The third kappa shape index (κ3) is 3.64. The molecule has 1 saturated heterocycles. The molecule has 0 aromatic carbocycles. The first kappa shape index (κ1) is 21.5. The second-order valence-electron chi connectivity index (χ2n) is 10.7. The van der Waals surface area contributed by atoms with Crippen molar-refractivity contribution < 1.29 is 29.2 Å². The van der Waals surface area contributed by atoms with Gasteiger partial charge in [0.05, 0.1) is 31.5 Å².